The molecule has 124 valence electrons. The molecule has 0 saturated carbocycles. The molecule has 2 aromatic carbocycles. The van der Waals surface area contributed by atoms with E-state index in [4.69, 9.17) is 0 Å². The van der Waals surface area contributed by atoms with Crippen molar-refractivity contribution in [2.24, 2.45) is 0 Å². The van der Waals surface area contributed by atoms with Gasteiger partial charge in [0, 0.05) is 0 Å². The molecule has 3 aromatic rings. The largest absolute Gasteiger partial charge is 0.298 e. The van der Waals surface area contributed by atoms with Gasteiger partial charge in [-0.2, -0.15) is 0 Å². The molecule has 0 aliphatic heterocycles. The molecule has 0 fully saturated rings. The number of halogens is 6. The lowest BCUT2D eigenvalue weighted by Crippen LogP contribution is -2.19. The van der Waals surface area contributed by atoms with E-state index in [1.54, 1.807) is 0 Å². The molecule has 3 nitrogen and oxygen atoms in total. The molecule has 10 heteroatoms. The summed E-state index contributed by atoms with van der Waals surface area (Å²) >= 11 is 0.768. The van der Waals surface area contributed by atoms with Gasteiger partial charge in [-0.3, -0.25) is 10.1 Å². The number of carbonyl (C=O) groups is 1. The highest BCUT2D eigenvalue weighted by atomic mass is 32.1. The van der Waals surface area contributed by atoms with Gasteiger partial charge < -0.3 is 0 Å². The Morgan fingerprint density at radius 1 is 0.917 bits per heavy atom. The van der Waals surface area contributed by atoms with Gasteiger partial charge in [-0.05, 0) is 18.2 Å². The lowest BCUT2D eigenvalue weighted by atomic mass is 10.1. The predicted octanol–water partition coefficient (Wildman–Crippen LogP) is 4.38. The third-order valence-electron chi connectivity index (χ3n) is 3.01. The average molecular weight is 362 g/mol. The molecule has 0 spiro atoms. The number of hydrogen-bond donors (Lipinski definition) is 1. The molecule has 1 aromatic heterocycles. The maximum atomic E-state index is 13.6. The van der Waals surface area contributed by atoms with Gasteiger partial charge in [0.2, 0.25) is 5.82 Å². The van der Waals surface area contributed by atoms with Crippen molar-refractivity contribution in [1.29, 1.82) is 0 Å². The van der Waals surface area contributed by atoms with Crippen LogP contribution in [0.25, 0.3) is 10.2 Å². The van der Waals surface area contributed by atoms with Gasteiger partial charge in [0.25, 0.3) is 5.91 Å². The maximum Gasteiger partial charge on any atom is 0.263 e. The Balaban J connectivity index is 2.00. The highest BCUT2D eigenvalue weighted by molar-refractivity contribution is 7.22. The molecule has 0 unspecified atom stereocenters. The Morgan fingerprint density at radius 2 is 1.50 bits per heavy atom. The maximum absolute atomic E-state index is 13.6. The van der Waals surface area contributed by atoms with Crippen molar-refractivity contribution in [3.05, 3.63) is 58.7 Å². The molecule has 0 atom stereocenters. The Morgan fingerprint density at radius 3 is 2.12 bits per heavy atom. The Hall–Kier alpha value is -2.62. The van der Waals surface area contributed by atoms with E-state index in [-0.39, 0.29) is 10.6 Å². The normalized spacial score (nSPS) is 11.1. The number of carbonyl (C=O) groups excluding carboxylic acids is 1. The second-order valence-electron chi connectivity index (χ2n) is 4.53. The van der Waals surface area contributed by atoms with E-state index in [0.717, 1.165) is 23.5 Å². The summed E-state index contributed by atoms with van der Waals surface area (Å²) in [5.41, 5.74) is -1.34. The topological polar surface area (TPSA) is 42.0 Å². The zero-order valence-corrected chi connectivity index (χ0v) is 12.1. The summed E-state index contributed by atoms with van der Waals surface area (Å²) < 4.78 is 79.7. The van der Waals surface area contributed by atoms with Gasteiger partial charge in [-0.25, -0.2) is 31.3 Å². The first-order valence-electron chi connectivity index (χ1n) is 6.18. The minimum Gasteiger partial charge on any atom is -0.298 e. The van der Waals surface area contributed by atoms with Crippen LogP contribution in [0.3, 0.4) is 0 Å². The summed E-state index contributed by atoms with van der Waals surface area (Å²) in [6.45, 7) is 0. The van der Waals surface area contributed by atoms with Gasteiger partial charge in [0.15, 0.2) is 28.4 Å². The molecule has 0 aliphatic rings. The second kappa shape index (κ2) is 5.78. The number of benzene rings is 2. The van der Waals surface area contributed by atoms with E-state index < -0.39 is 46.4 Å². The third kappa shape index (κ3) is 2.58. The predicted molar refractivity (Wildman–Crippen MR) is 73.8 cm³/mol. The minimum atomic E-state index is -2.36. The Kier molecular flexibility index (Phi) is 3.91. The first-order chi connectivity index (χ1) is 11.3. The fourth-order valence-corrected chi connectivity index (χ4v) is 2.80. The first-order valence-corrected chi connectivity index (χ1v) is 7.00. The van der Waals surface area contributed by atoms with Crippen molar-refractivity contribution < 1.29 is 31.1 Å². The summed E-state index contributed by atoms with van der Waals surface area (Å²) in [6, 6.07) is 3.52. The van der Waals surface area contributed by atoms with Gasteiger partial charge in [-0.1, -0.05) is 11.3 Å². The number of thiazole rings is 1. The number of hydrogen-bond acceptors (Lipinski definition) is 3. The molecule has 0 radical (unpaired) electrons. The van der Waals surface area contributed by atoms with Crippen LogP contribution in [-0.2, 0) is 0 Å². The van der Waals surface area contributed by atoms with Crippen LogP contribution in [0.5, 0.6) is 0 Å². The fourth-order valence-electron chi connectivity index (χ4n) is 1.92. The number of rotatable bonds is 2. The lowest BCUT2D eigenvalue weighted by Gasteiger charge is -2.07. The summed E-state index contributed by atoms with van der Waals surface area (Å²) in [7, 11) is 0. The van der Waals surface area contributed by atoms with Crippen molar-refractivity contribution in [3.8, 4) is 0 Å². The number of amides is 1. The quantitative estimate of drug-likeness (QED) is 0.418. The monoisotopic (exact) mass is 362 g/mol. The number of nitrogens with one attached hydrogen (secondary N) is 1. The molecule has 0 bridgehead atoms. The summed E-state index contributed by atoms with van der Waals surface area (Å²) in [6.07, 6.45) is 0. The SMILES string of the molecule is O=C(Nc1nc2ccc(F)cc2s1)c1c(F)c(F)c(F)c(F)c1F. The van der Waals surface area contributed by atoms with Crippen LogP contribution >= 0.6 is 11.3 Å². The molecule has 0 saturated heterocycles. The Labute approximate surface area is 133 Å². The molecular formula is C14H4F6N2OS. The third-order valence-corrected chi connectivity index (χ3v) is 3.94. The van der Waals surface area contributed by atoms with Crippen molar-refractivity contribution >= 4 is 32.6 Å². The zero-order chi connectivity index (χ0) is 17.6. The van der Waals surface area contributed by atoms with Gasteiger partial charge in [0.05, 0.1) is 10.2 Å². The lowest BCUT2D eigenvalue weighted by molar-refractivity contribution is 0.101. The van der Waals surface area contributed by atoms with E-state index in [2.05, 4.69) is 4.98 Å². The van der Waals surface area contributed by atoms with Gasteiger partial charge in [0.1, 0.15) is 11.4 Å². The van der Waals surface area contributed by atoms with E-state index in [1.165, 1.54) is 6.07 Å². The average Bonchev–Trinajstić information content (AvgIpc) is 2.92. The van der Waals surface area contributed by atoms with Gasteiger partial charge >= 0.3 is 0 Å². The minimum absolute atomic E-state index is 0.190. The van der Waals surface area contributed by atoms with Crippen molar-refractivity contribution in [2.45, 2.75) is 0 Å². The molecule has 0 aliphatic carbocycles. The Bertz CT molecular complexity index is 958. The highest BCUT2D eigenvalue weighted by Crippen LogP contribution is 2.28. The van der Waals surface area contributed by atoms with E-state index >= 15 is 0 Å². The molecule has 1 heterocycles. The van der Waals surface area contributed by atoms with Crippen LogP contribution in [0.1, 0.15) is 10.4 Å². The molecular weight excluding hydrogens is 358 g/mol. The van der Waals surface area contributed by atoms with Gasteiger partial charge in [-0.15, -0.1) is 0 Å². The number of fused-ring (bicyclic) bond motifs is 1. The smallest absolute Gasteiger partial charge is 0.263 e. The summed E-state index contributed by atoms with van der Waals surface area (Å²) in [4.78, 5) is 15.7. The van der Waals surface area contributed by atoms with Crippen LogP contribution in [-0.4, -0.2) is 10.9 Å². The highest BCUT2D eigenvalue weighted by Gasteiger charge is 2.30. The van der Waals surface area contributed by atoms with Crippen LogP contribution in [0.15, 0.2) is 18.2 Å². The second-order valence-corrected chi connectivity index (χ2v) is 5.56. The van der Waals surface area contributed by atoms with Crippen molar-refractivity contribution in [3.63, 3.8) is 0 Å². The first kappa shape index (κ1) is 16.2. The molecule has 24 heavy (non-hydrogen) atoms. The molecule has 1 N–H and O–H groups in total. The van der Waals surface area contributed by atoms with E-state index in [1.807, 2.05) is 5.32 Å². The number of nitrogens with zero attached hydrogens (tertiary/aromatic N) is 1. The molecule has 1 amide bonds. The van der Waals surface area contributed by atoms with Crippen molar-refractivity contribution in [2.75, 3.05) is 5.32 Å². The van der Waals surface area contributed by atoms with E-state index in [9.17, 15) is 31.1 Å². The van der Waals surface area contributed by atoms with Crippen molar-refractivity contribution in [1.82, 2.24) is 4.98 Å². The summed E-state index contributed by atoms with van der Waals surface area (Å²) in [5.74, 6) is -13.5. The summed E-state index contributed by atoms with van der Waals surface area (Å²) in [5, 5.41) is 1.74. The zero-order valence-electron chi connectivity index (χ0n) is 11.3. The van der Waals surface area contributed by atoms with Crippen LogP contribution in [0.2, 0.25) is 0 Å². The molecule has 3 rings (SSSR count). The van der Waals surface area contributed by atoms with Crippen LogP contribution < -0.4 is 5.32 Å². The number of aromatic nitrogens is 1. The fraction of sp³-hybridized carbons (Fsp3) is 0. The van der Waals surface area contributed by atoms with Crippen LogP contribution in [0.4, 0.5) is 31.5 Å². The van der Waals surface area contributed by atoms with E-state index in [0.29, 0.717) is 4.70 Å². The standard InChI is InChI=1S/C14H4F6N2OS/c15-4-1-2-5-6(3-4)24-14(21-5)22-13(23)7-8(16)10(18)12(20)11(19)9(7)17/h1-3H,(H,21,22,23). The van der Waals surface area contributed by atoms with Crippen LogP contribution in [0, 0.1) is 34.9 Å². The number of anilines is 1.